The van der Waals surface area contributed by atoms with Crippen molar-refractivity contribution < 1.29 is 0 Å². The molecule has 0 aromatic carbocycles. The molecule has 0 aromatic heterocycles. The Kier molecular flexibility index (Phi) is 111. The van der Waals surface area contributed by atoms with E-state index in [9.17, 15) is 0 Å². The van der Waals surface area contributed by atoms with E-state index in [0.29, 0.717) is 0 Å². The van der Waals surface area contributed by atoms with E-state index in [1.807, 2.05) is 0 Å². The summed E-state index contributed by atoms with van der Waals surface area (Å²) in [5.41, 5.74) is 0. The van der Waals surface area contributed by atoms with Gasteiger partial charge in [0.2, 0.25) is 0 Å². The molecule has 0 unspecified atom stereocenters. The maximum atomic E-state index is 0. The predicted octanol–water partition coefficient (Wildman–Crippen LogP) is -2.26. The van der Waals surface area contributed by atoms with Crippen LogP contribution in [0.5, 0.6) is 0 Å². The number of nitrogens with zero attached hydrogens (tertiary/aromatic N) is 2. The van der Waals surface area contributed by atoms with Crippen LogP contribution < -0.4 is 12.3 Å². The summed E-state index contributed by atoms with van der Waals surface area (Å²) in [6, 6.07) is 0. The third kappa shape index (κ3) is 8.95. The van der Waals surface area contributed by atoms with Gasteiger partial charge in [-0.3, -0.25) is 0 Å². The molecule has 14 valence electrons. The quantitative estimate of drug-likeness (QED) is 0.315. The molecule has 0 saturated carbocycles. The minimum absolute atomic E-state index is 0. The molecule has 0 aromatic rings. The van der Waals surface area contributed by atoms with Crippen LogP contribution in [0.4, 0.5) is 0 Å². The smallest absolute Gasteiger partial charge is 0 e. The first-order valence-electron chi connectivity index (χ1n) is 0. The first-order chi connectivity index (χ1) is 0. The topological polar surface area (TPSA) is 61.0 Å². The molecule has 6 radical (unpaired) electrons. The summed E-state index contributed by atoms with van der Waals surface area (Å²) < 4.78 is 0. The average Bonchev–Trinajstić information content (AvgIpc) is 0. The van der Waals surface area contributed by atoms with Crippen LogP contribution in [-0.4, -0.2) is 103 Å². The van der Waals surface area contributed by atoms with E-state index in [2.05, 4.69) is 0 Å². The van der Waals surface area contributed by atoms with Crippen molar-refractivity contribution in [3.63, 3.8) is 0 Å². The summed E-state index contributed by atoms with van der Waals surface area (Å²) in [5.74, 6) is 0. The Morgan fingerprint density at radius 1 is 0.500 bits per heavy atom. The van der Waals surface area contributed by atoms with Crippen molar-refractivity contribution in [2.45, 2.75) is 0 Å². The zero-order valence-corrected chi connectivity index (χ0v) is 0.894. The van der Waals surface area contributed by atoms with Crippen LogP contribution >= 0.6 is 0 Å². The van der Waals surface area contributed by atoms with Gasteiger partial charge in [-0.05, 0) is 0 Å². The van der Waals surface area contributed by atoms with Crippen molar-refractivity contribution in [3.05, 3.63) is 0 Å². The van der Waals surface area contributed by atoms with E-state index >= 15 is 0 Å². The van der Waals surface area contributed by atoms with Gasteiger partial charge < -0.3 is 0 Å². The average molecular weight is 108 g/mol. The maximum absolute atomic E-state index is 0. The molecule has 0 heterocycles. The molecule has 0 aliphatic heterocycles. The zero-order chi connectivity index (χ0) is 0. The van der Waals surface area contributed by atoms with Crippen molar-refractivity contribution >= 4 is 103 Å². The standard InChI is InChI=1S/2K.2N.2H. The molecular weight excluding hydrogens is 106 g/mol. The Bertz CT molecular complexity index is 4.00. The van der Waals surface area contributed by atoms with Gasteiger partial charge in [0.15, 0.2) is 0 Å². The van der Waals surface area contributed by atoms with Crippen LogP contribution in [0.15, 0.2) is 0 Å². The number of hydrogen-bond acceptors (Lipinski definition) is 0. The minimum atomic E-state index is 0. The second kappa shape index (κ2) is 16.4. The minimum Gasteiger partial charge on any atom is 0 e. The number of hydrogen-bond donors (Lipinski definition) is 0. The van der Waals surface area contributed by atoms with Crippen LogP contribution in [0.1, 0.15) is 0 Å². The molecule has 4 heteroatoms. The molecule has 2 nitrogen and oxygen atoms in total. The van der Waals surface area contributed by atoms with Crippen molar-refractivity contribution in [1.82, 2.24) is 12.3 Å². The second-order valence-electron chi connectivity index (χ2n) is 0. The molecular formula is H2K2N2. The molecule has 0 amide bonds. The Morgan fingerprint density at radius 2 is 0.500 bits per heavy atom. The van der Waals surface area contributed by atoms with Crippen molar-refractivity contribution in [3.8, 4) is 0 Å². The van der Waals surface area contributed by atoms with E-state index < -0.39 is 0 Å². The van der Waals surface area contributed by atoms with Gasteiger partial charge in [-0.1, -0.05) is 0 Å². The van der Waals surface area contributed by atoms with Gasteiger partial charge in [-0.25, -0.2) is 0 Å². The van der Waals surface area contributed by atoms with Gasteiger partial charge in [0.25, 0.3) is 0 Å². The van der Waals surface area contributed by atoms with E-state index in [4.69, 9.17) is 0 Å². The molecule has 0 aliphatic rings. The predicted molar refractivity (Wildman–Crippen MR) is 18.6 cm³/mol. The zero-order valence-electron chi connectivity index (χ0n) is 0.894. The largest absolute Gasteiger partial charge is 0 e. The third-order valence-corrected chi connectivity index (χ3v) is 0. The normalized spacial score (nSPS) is 0. The van der Waals surface area contributed by atoms with Crippen molar-refractivity contribution in [1.29, 1.82) is 0 Å². The molecule has 0 fully saturated rings. The third-order valence-electron chi connectivity index (χ3n) is 0. The van der Waals surface area contributed by atoms with Crippen LogP contribution in [0.3, 0.4) is 0 Å². The summed E-state index contributed by atoms with van der Waals surface area (Å²) in [6.45, 7) is 0. The molecule has 0 aliphatic carbocycles. The van der Waals surface area contributed by atoms with Crippen molar-refractivity contribution in [2.24, 2.45) is 0 Å². The Morgan fingerprint density at radius 3 is 0.500 bits per heavy atom. The van der Waals surface area contributed by atoms with E-state index in [-0.39, 0.29) is 115 Å². The summed E-state index contributed by atoms with van der Waals surface area (Å²) in [5, 5.41) is 0. The SMILES string of the molecule is [KH].[KH].[N].[N]. The van der Waals surface area contributed by atoms with Gasteiger partial charge in [-0.15, -0.1) is 0 Å². The van der Waals surface area contributed by atoms with E-state index in [1.54, 1.807) is 0 Å². The fraction of sp³-hybridized carbons (Fsp3) is 0. The van der Waals surface area contributed by atoms with Gasteiger partial charge >= 0.3 is 103 Å². The van der Waals surface area contributed by atoms with Gasteiger partial charge in [0, 0.05) is 12.3 Å². The van der Waals surface area contributed by atoms with Gasteiger partial charge in [-0.2, -0.15) is 0 Å². The monoisotopic (exact) mass is 108 g/mol. The Hall–Kier alpha value is 3.19. The van der Waals surface area contributed by atoms with Gasteiger partial charge in [0.1, 0.15) is 0 Å². The molecule has 0 rings (SSSR count). The first kappa shape index (κ1) is 27.1. The summed E-state index contributed by atoms with van der Waals surface area (Å²) in [7, 11) is 0. The molecule has 0 N–H and O–H groups in total. The summed E-state index contributed by atoms with van der Waals surface area (Å²) >= 11 is 0. The summed E-state index contributed by atoms with van der Waals surface area (Å²) in [4.78, 5) is 0. The number of rotatable bonds is 0. The molecule has 0 saturated heterocycles. The summed E-state index contributed by atoms with van der Waals surface area (Å²) in [6.07, 6.45) is 0. The van der Waals surface area contributed by atoms with E-state index in [0.717, 1.165) is 0 Å². The van der Waals surface area contributed by atoms with E-state index in [1.165, 1.54) is 0 Å². The van der Waals surface area contributed by atoms with Crippen LogP contribution in [0.2, 0.25) is 0 Å². The molecule has 0 atom stereocenters. The molecule has 0 spiro atoms. The maximum Gasteiger partial charge on any atom is 0 e. The van der Waals surface area contributed by atoms with Crippen LogP contribution in [0, 0.1) is 0 Å². The second-order valence-corrected chi connectivity index (χ2v) is 0. The Labute approximate surface area is 111 Å². The fourth-order valence-electron chi connectivity index (χ4n) is 0. The van der Waals surface area contributed by atoms with Gasteiger partial charge in [0.05, 0.1) is 0 Å². The van der Waals surface area contributed by atoms with Crippen molar-refractivity contribution in [2.75, 3.05) is 0 Å². The molecule has 4 heavy (non-hydrogen) atoms. The fourth-order valence-corrected chi connectivity index (χ4v) is 0. The van der Waals surface area contributed by atoms with Crippen LogP contribution in [0.25, 0.3) is 0 Å². The first-order valence-corrected chi connectivity index (χ1v) is 0. The van der Waals surface area contributed by atoms with Crippen LogP contribution in [-0.2, 0) is 0 Å². The Balaban J connectivity index is 0. The molecule has 0 bridgehead atoms.